The number of hydrogen-bond acceptors (Lipinski definition) is 3. The number of amides is 1. The Hall–Kier alpha value is -1.26. The van der Waals surface area contributed by atoms with Crippen LogP contribution in [0, 0.1) is 0 Å². The van der Waals surface area contributed by atoms with Crippen LogP contribution < -0.4 is 10.5 Å². The van der Waals surface area contributed by atoms with Crippen molar-refractivity contribution in [3.05, 3.63) is 28.8 Å². The first-order valence-electron chi connectivity index (χ1n) is 5.40. The highest BCUT2D eigenvalue weighted by Gasteiger charge is 2.38. The predicted octanol–water partition coefficient (Wildman–Crippen LogP) is 1.58. The normalized spacial score (nSPS) is 24.2. The minimum Gasteiger partial charge on any atom is -0.496 e. The second kappa shape index (κ2) is 4.55. The van der Waals surface area contributed by atoms with Gasteiger partial charge in [0, 0.05) is 30.1 Å². The second-order valence-electron chi connectivity index (χ2n) is 4.17. The van der Waals surface area contributed by atoms with Crippen LogP contribution in [-0.4, -0.2) is 31.0 Å². The molecule has 1 heterocycles. The Morgan fingerprint density at radius 3 is 2.76 bits per heavy atom. The summed E-state index contributed by atoms with van der Waals surface area (Å²) in [6, 6.07) is 4.95. The van der Waals surface area contributed by atoms with Crippen molar-refractivity contribution in [3.63, 3.8) is 0 Å². The average Bonchev–Trinajstić information content (AvgIpc) is 2.54. The molecule has 0 aliphatic carbocycles. The van der Waals surface area contributed by atoms with Gasteiger partial charge in [-0.2, -0.15) is 0 Å². The zero-order valence-electron chi connectivity index (χ0n) is 9.81. The molecule has 2 atom stereocenters. The van der Waals surface area contributed by atoms with Gasteiger partial charge in [0.05, 0.1) is 13.2 Å². The van der Waals surface area contributed by atoms with Crippen molar-refractivity contribution in [2.24, 2.45) is 5.73 Å². The van der Waals surface area contributed by atoms with Crippen LogP contribution in [0.3, 0.4) is 0 Å². The Balaban J connectivity index is 2.49. The maximum absolute atomic E-state index is 11.6. The van der Waals surface area contributed by atoms with Crippen LogP contribution in [0.4, 0.5) is 0 Å². The maximum atomic E-state index is 11.6. The molecular formula is C12H15ClN2O2. The lowest BCUT2D eigenvalue weighted by molar-refractivity contribution is -0.127. The molecule has 2 rings (SSSR count). The molecule has 1 aliphatic heterocycles. The Morgan fingerprint density at radius 2 is 2.24 bits per heavy atom. The minimum absolute atomic E-state index is 0.0319. The number of methoxy groups -OCH3 is 1. The number of halogens is 1. The molecule has 5 heteroatoms. The van der Waals surface area contributed by atoms with Gasteiger partial charge >= 0.3 is 0 Å². The predicted molar refractivity (Wildman–Crippen MR) is 66.1 cm³/mol. The van der Waals surface area contributed by atoms with E-state index in [2.05, 4.69) is 0 Å². The molecule has 1 fully saturated rings. The molecule has 0 aromatic heterocycles. The maximum Gasteiger partial charge on any atom is 0.224 e. The second-order valence-corrected chi connectivity index (χ2v) is 4.58. The molecule has 17 heavy (non-hydrogen) atoms. The van der Waals surface area contributed by atoms with Gasteiger partial charge in [-0.05, 0) is 12.1 Å². The fourth-order valence-corrected chi connectivity index (χ4v) is 2.57. The van der Waals surface area contributed by atoms with Crippen LogP contribution in [0.2, 0.25) is 5.02 Å². The van der Waals surface area contributed by atoms with Gasteiger partial charge in [0.2, 0.25) is 5.91 Å². The Morgan fingerprint density at radius 1 is 1.53 bits per heavy atom. The fraction of sp³-hybridized carbons (Fsp3) is 0.417. The molecule has 1 aliphatic rings. The van der Waals surface area contributed by atoms with E-state index in [1.54, 1.807) is 25.1 Å². The number of carbonyl (C=O) groups excluding carboxylic acids is 1. The molecule has 1 saturated heterocycles. The van der Waals surface area contributed by atoms with Crippen LogP contribution in [0.1, 0.15) is 18.0 Å². The van der Waals surface area contributed by atoms with Gasteiger partial charge in [-0.25, -0.2) is 0 Å². The quantitative estimate of drug-likeness (QED) is 0.872. The number of nitrogens with two attached hydrogens (primary N) is 1. The number of benzene rings is 1. The Labute approximate surface area is 105 Å². The third-order valence-electron chi connectivity index (χ3n) is 3.16. The third-order valence-corrected chi connectivity index (χ3v) is 3.48. The number of ether oxygens (including phenoxy) is 1. The number of likely N-dealkylation sites (N-methyl/N-ethyl adjacent to an activating group) is 1. The van der Waals surface area contributed by atoms with Crippen molar-refractivity contribution >= 4 is 17.5 Å². The summed E-state index contributed by atoms with van der Waals surface area (Å²) in [5, 5.41) is 0.575. The minimum atomic E-state index is -0.249. The highest BCUT2D eigenvalue weighted by atomic mass is 35.5. The first kappa shape index (κ1) is 12.2. The van der Waals surface area contributed by atoms with Gasteiger partial charge in [-0.15, -0.1) is 0 Å². The molecule has 0 saturated carbocycles. The van der Waals surface area contributed by atoms with E-state index in [0.29, 0.717) is 17.2 Å². The highest BCUT2D eigenvalue weighted by Crippen LogP contribution is 2.39. The molecule has 1 aromatic carbocycles. The first-order chi connectivity index (χ1) is 8.06. The summed E-state index contributed by atoms with van der Waals surface area (Å²) >= 11 is 6.19. The molecular weight excluding hydrogens is 240 g/mol. The number of nitrogens with zero attached hydrogens (tertiary/aromatic N) is 1. The summed E-state index contributed by atoms with van der Waals surface area (Å²) < 4.78 is 5.29. The van der Waals surface area contributed by atoms with E-state index in [0.717, 1.165) is 5.56 Å². The molecule has 0 spiro atoms. The Kier molecular flexibility index (Phi) is 3.26. The Bertz CT molecular complexity index is 450. The summed E-state index contributed by atoms with van der Waals surface area (Å²) in [5.41, 5.74) is 6.80. The average molecular weight is 255 g/mol. The van der Waals surface area contributed by atoms with E-state index in [9.17, 15) is 4.79 Å². The topological polar surface area (TPSA) is 55.6 Å². The lowest BCUT2D eigenvalue weighted by Crippen LogP contribution is -2.30. The number of hydrogen-bond donors (Lipinski definition) is 1. The van der Waals surface area contributed by atoms with E-state index in [1.165, 1.54) is 0 Å². The van der Waals surface area contributed by atoms with E-state index < -0.39 is 0 Å². The molecule has 2 N–H and O–H groups in total. The van der Waals surface area contributed by atoms with E-state index in [1.807, 2.05) is 12.1 Å². The summed E-state index contributed by atoms with van der Waals surface area (Å²) in [5.74, 6) is 0.698. The lowest BCUT2D eigenvalue weighted by atomic mass is 10.00. The third kappa shape index (κ3) is 1.98. The molecule has 1 amide bonds. The fourth-order valence-electron chi connectivity index (χ4n) is 2.29. The van der Waals surface area contributed by atoms with Crippen LogP contribution in [-0.2, 0) is 4.79 Å². The van der Waals surface area contributed by atoms with E-state index >= 15 is 0 Å². The van der Waals surface area contributed by atoms with Crippen molar-refractivity contribution in [1.29, 1.82) is 0 Å². The number of carbonyl (C=O) groups is 1. The zero-order chi connectivity index (χ0) is 12.6. The standard InChI is InChI=1S/C12H15ClN2O2/c1-15-10(16)6-8(14)12(15)11-7(13)4-3-5-9(11)17-2/h3-5,8,12H,6,14H2,1-2H3. The lowest BCUT2D eigenvalue weighted by Gasteiger charge is -2.25. The van der Waals surface area contributed by atoms with Gasteiger partial charge in [-0.1, -0.05) is 17.7 Å². The largest absolute Gasteiger partial charge is 0.496 e. The molecule has 2 unspecified atom stereocenters. The van der Waals surface area contributed by atoms with Crippen molar-refractivity contribution in [1.82, 2.24) is 4.90 Å². The van der Waals surface area contributed by atoms with Gasteiger partial charge in [0.1, 0.15) is 5.75 Å². The van der Waals surface area contributed by atoms with Gasteiger partial charge in [0.25, 0.3) is 0 Å². The van der Waals surface area contributed by atoms with E-state index in [-0.39, 0.29) is 18.0 Å². The van der Waals surface area contributed by atoms with Crippen LogP contribution in [0.25, 0.3) is 0 Å². The van der Waals surface area contributed by atoms with Gasteiger partial charge in [-0.3, -0.25) is 4.79 Å². The van der Waals surface area contributed by atoms with Crippen molar-refractivity contribution in [3.8, 4) is 5.75 Å². The molecule has 4 nitrogen and oxygen atoms in total. The summed E-state index contributed by atoms with van der Waals surface area (Å²) in [7, 11) is 3.32. The smallest absolute Gasteiger partial charge is 0.224 e. The molecule has 92 valence electrons. The summed E-state index contributed by atoms with van der Waals surface area (Å²) in [6.45, 7) is 0. The van der Waals surface area contributed by atoms with Gasteiger partial charge < -0.3 is 15.4 Å². The summed E-state index contributed by atoms with van der Waals surface area (Å²) in [6.07, 6.45) is 0.343. The molecule has 0 radical (unpaired) electrons. The SMILES string of the molecule is COc1cccc(Cl)c1C1C(N)CC(=O)N1C. The summed E-state index contributed by atoms with van der Waals surface area (Å²) in [4.78, 5) is 13.3. The molecule has 1 aromatic rings. The van der Waals surface area contributed by atoms with Crippen molar-refractivity contribution < 1.29 is 9.53 Å². The zero-order valence-corrected chi connectivity index (χ0v) is 10.6. The van der Waals surface area contributed by atoms with Crippen LogP contribution in [0.5, 0.6) is 5.75 Å². The van der Waals surface area contributed by atoms with Crippen LogP contribution >= 0.6 is 11.6 Å². The van der Waals surface area contributed by atoms with Crippen molar-refractivity contribution in [2.75, 3.05) is 14.2 Å². The number of likely N-dealkylation sites (tertiary alicyclic amines) is 1. The first-order valence-corrected chi connectivity index (χ1v) is 5.77. The van der Waals surface area contributed by atoms with Crippen LogP contribution in [0.15, 0.2) is 18.2 Å². The monoisotopic (exact) mass is 254 g/mol. The number of rotatable bonds is 2. The van der Waals surface area contributed by atoms with Gasteiger partial charge in [0.15, 0.2) is 0 Å². The highest BCUT2D eigenvalue weighted by molar-refractivity contribution is 6.31. The molecule has 0 bridgehead atoms. The van der Waals surface area contributed by atoms with E-state index in [4.69, 9.17) is 22.1 Å². The van der Waals surface area contributed by atoms with Crippen molar-refractivity contribution in [2.45, 2.75) is 18.5 Å².